The molecule has 1 aliphatic rings. The number of benzene rings is 2. The van der Waals surface area contributed by atoms with Gasteiger partial charge in [-0.15, -0.1) is 0 Å². The number of Topliss-reactive ketones (excluding diaryl/α,β-unsaturated/α-hetero) is 1. The number of thiazole rings is 1. The Labute approximate surface area is 269 Å². The molecule has 240 valence electrons. The van der Waals surface area contributed by atoms with Gasteiger partial charge in [-0.3, -0.25) is 14.5 Å². The molecule has 0 aliphatic carbocycles. The number of fused-ring (bicyclic) bond motifs is 1. The van der Waals surface area contributed by atoms with E-state index >= 15 is 0 Å². The number of carbonyl (C=O) groups is 3. The molecule has 0 saturated carbocycles. The summed E-state index contributed by atoms with van der Waals surface area (Å²) in [4.78, 5) is 46.6. The van der Waals surface area contributed by atoms with Crippen molar-refractivity contribution in [1.82, 2.24) is 4.98 Å². The second-order valence-electron chi connectivity index (χ2n) is 10.3. The smallest absolute Gasteiger partial charge is 0.350 e. The van der Waals surface area contributed by atoms with Crippen LogP contribution in [0.1, 0.15) is 64.2 Å². The van der Waals surface area contributed by atoms with Crippen LogP contribution in [0.15, 0.2) is 70.9 Å². The average Bonchev–Trinajstić information content (AvgIpc) is 3.74. The predicted octanol–water partition coefficient (Wildman–Crippen LogP) is 6.91. The Morgan fingerprint density at radius 2 is 1.93 bits per heavy atom. The Morgan fingerprint density at radius 3 is 2.65 bits per heavy atom. The predicted molar refractivity (Wildman–Crippen MR) is 172 cm³/mol. The normalized spacial score (nSPS) is 14.6. The molecule has 5 rings (SSSR count). The molecule has 0 fully saturated rings. The first kappa shape index (κ1) is 32.3. The molecule has 3 heterocycles. The summed E-state index contributed by atoms with van der Waals surface area (Å²) in [7, 11) is 1.49. The van der Waals surface area contributed by atoms with E-state index in [1.54, 1.807) is 43.3 Å². The largest absolute Gasteiger partial charge is 0.503 e. The van der Waals surface area contributed by atoms with Gasteiger partial charge < -0.3 is 28.5 Å². The molecule has 0 bridgehead atoms. The van der Waals surface area contributed by atoms with Gasteiger partial charge in [-0.05, 0) is 50.1 Å². The number of aryl methyl sites for hydroxylation is 1. The first-order valence-corrected chi connectivity index (χ1v) is 15.6. The van der Waals surface area contributed by atoms with Gasteiger partial charge in [0.1, 0.15) is 11.5 Å². The van der Waals surface area contributed by atoms with Gasteiger partial charge in [-0.2, -0.15) is 0 Å². The Kier molecular flexibility index (Phi) is 9.76. The van der Waals surface area contributed by atoms with Crippen molar-refractivity contribution in [3.63, 3.8) is 0 Å². The van der Waals surface area contributed by atoms with Crippen molar-refractivity contribution < 1.29 is 42.9 Å². The van der Waals surface area contributed by atoms with Crippen LogP contribution < -0.4 is 19.1 Å². The molecular formula is C34H34N2O9S. The van der Waals surface area contributed by atoms with Crippen molar-refractivity contribution in [3.8, 4) is 17.2 Å². The van der Waals surface area contributed by atoms with Crippen LogP contribution in [-0.2, 0) is 9.53 Å². The number of furan rings is 1. The quantitative estimate of drug-likeness (QED) is 0.0666. The highest BCUT2D eigenvalue weighted by Gasteiger charge is 2.47. The molecule has 0 spiro atoms. The molecule has 1 unspecified atom stereocenters. The third kappa shape index (κ3) is 6.08. The van der Waals surface area contributed by atoms with Gasteiger partial charge in [-0.1, -0.05) is 55.5 Å². The Bertz CT molecular complexity index is 1840. The van der Waals surface area contributed by atoms with Gasteiger partial charge in [0.15, 0.2) is 39.5 Å². The Morgan fingerprint density at radius 1 is 1.13 bits per heavy atom. The van der Waals surface area contributed by atoms with E-state index < -0.39 is 29.5 Å². The van der Waals surface area contributed by atoms with Gasteiger partial charge >= 0.3 is 5.97 Å². The van der Waals surface area contributed by atoms with E-state index in [-0.39, 0.29) is 27.9 Å². The molecule has 11 nitrogen and oxygen atoms in total. The van der Waals surface area contributed by atoms with E-state index in [4.69, 9.17) is 23.4 Å². The minimum atomic E-state index is -1.17. The molecule has 1 aliphatic heterocycles. The van der Waals surface area contributed by atoms with Crippen molar-refractivity contribution in [3.05, 3.63) is 88.3 Å². The van der Waals surface area contributed by atoms with Crippen molar-refractivity contribution in [2.24, 2.45) is 0 Å². The molecule has 0 saturated heterocycles. The summed E-state index contributed by atoms with van der Waals surface area (Å²) in [5.74, 6) is -1.77. The van der Waals surface area contributed by atoms with Gasteiger partial charge in [0, 0.05) is 5.39 Å². The molecule has 46 heavy (non-hydrogen) atoms. The fourth-order valence-electron chi connectivity index (χ4n) is 5.08. The maximum Gasteiger partial charge on any atom is 0.350 e. The second kappa shape index (κ2) is 13.9. The first-order chi connectivity index (χ1) is 22.2. The highest BCUT2D eigenvalue weighted by atomic mass is 32.1. The van der Waals surface area contributed by atoms with Crippen LogP contribution in [-0.4, -0.2) is 54.7 Å². The molecule has 1 N–H and O–H groups in total. The fraction of sp³-hybridized carbons (Fsp3) is 0.294. The highest BCUT2D eigenvalue weighted by Crippen LogP contribution is 2.46. The van der Waals surface area contributed by atoms with Crippen LogP contribution in [0.5, 0.6) is 17.2 Å². The van der Waals surface area contributed by atoms with E-state index in [1.165, 1.54) is 24.2 Å². The number of ether oxygens (including phenoxy) is 4. The van der Waals surface area contributed by atoms with E-state index in [9.17, 15) is 19.5 Å². The lowest BCUT2D eigenvalue weighted by Gasteiger charge is -2.25. The van der Waals surface area contributed by atoms with Gasteiger partial charge in [0.25, 0.3) is 5.91 Å². The average molecular weight is 647 g/mol. The monoisotopic (exact) mass is 646 g/mol. The first-order valence-electron chi connectivity index (χ1n) is 14.8. The van der Waals surface area contributed by atoms with Gasteiger partial charge in [-0.25, -0.2) is 9.78 Å². The number of aromatic nitrogens is 1. The van der Waals surface area contributed by atoms with Crippen molar-refractivity contribution >= 4 is 45.1 Å². The van der Waals surface area contributed by atoms with Crippen LogP contribution in [0.2, 0.25) is 0 Å². The molecular weight excluding hydrogens is 612 g/mol. The number of ketones is 1. The molecule has 1 atom stereocenters. The minimum Gasteiger partial charge on any atom is -0.503 e. The number of para-hydroxylation sites is 1. The number of aliphatic hydroxyl groups is 1. The van der Waals surface area contributed by atoms with Crippen LogP contribution in [0, 0.1) is 6.92 Å². The zero-order valence-electron chi connectivity index (χ0n) is 26.0. The maximum absolute atomic E-state index is 14.2. The molecule has 0 radical (unpaired) electrons. The van der Waals surface area contributed by atoms with Crippen LogP contribution >= 0.6 is 11.3 Å². The number of hydrogen-bond acceptors (Lipinski definition) is 11. The maximum atomic E-state index is 14.2. The minimum absolute atomic E-state index is 0.00701. The number of anilines is 1. The number of esters is 1. The van der Waals surface area contributed by atoms with Crippen LogP contribution in [0.4, 0.5) is 5.13 Å². The number of unbranched alkanes of at least 4 members (excludes halogenated alkanes) is 1. The van der Waals surface area contributed by atoms with E-state index in [0.29, 0.717) is 52.7 Å². The summed E-state index contributed by atoms with van der Waals surface area (Å²) in [6.07, 6.45) is 3.23. The number of rotatable bonds is 14. The third-order valence-electron chi connectivity index (χ3n) is 7.25. The van der Waals surface area contributed by atoms with Crippen molar-refractivity contribution in [2.45, 2.75) is 39.7 Å². The lowest BCUT2D eigenvalue weighted by Crippen LogP contribution is -2.31. The summed E-state index contributed by atoms with van der Waals surface area (Å²) < 4.78 is 28.3. The lowest BCUT2D eigenvalue weighted by atomic mass is 9.95. The van der Waals surface area contributed by atoms with E-state index in [2.05, 4.69) is 18.5 Å². The number of hydrogen-bond donors (Lipinski definition) is 1. The van der Waals surface area contributed by atoms with E-state index in [1.807, 2.05) is 6.92 Å². The zero-order chi connectivity index (χ0) is 33.0. The highest BCUT2D eigenvalue weighted by molar-refractivity contribution is 7.17. The van der Waals surface area contributed by atoms with Crippen LogP contribution in [0.3, 0.4) is 0 Å². The Balaban J connectivity index is 1.64. The number of aliphatic hydroxyl groups excluding tert-OH is 1. The molecule has 12 heteroatoms. The van der Waals surface area contributed by atoms with Crippen LogP contribution in [0.25, 0.3) is 11.0 Å². The van der Waals surface area contributed by atoms with Gasteiger partial charge in [0.2, 0.25) is 5.78 Å². The molecule has 1 amide bonds. The molecule has 4 aromatic rings. The van der Waals surface area contributed by atoms with Gasteiger partial charge in [0.05, 0.1) is 37.6 Å². The summed E-state index contributed by atoms with van der Waals surface area (Å²) in [6.45, 7) is 9.85. The fourth-order valence-corrected chi connectivity index (χ4v) is 6.06. The zero-order valence-corrected chi connectivity index (χ0v) is 26.8. The lowest BCUT2D eigenvalue weighted by molar-refractivity contribution is -0.117. The second-order valence-corrected chi connectivity index (χ2v) is 11.3. The topological polar surface area (TPSA) is 138 Å². The summed E-state index contributed by atoms with van der Waals surface area (Å²) in [5, 5.41) is 12.0. The van der Waals surface area contributed by atoms with Crippen molar-refractivity contribution in [2.75, 3.05) is 31.8 Å². The van der Waals surface area contributed by atoms with Crippen molar-refractivity contribution in [1.29, 1.82) is 0 Å². The molecule has 2 aromatic carbocycles. The summed E-state index contributed by atoms with van der Waals surface area (Å²) in [6, 6.07) is 10.6. The molecule has 2 aromatic heterocycles. The third-order valence-corrected chi connectivity index (χ3v) is 8.39. The number of nitrogens with zero attached hydrogens (tertiary/aromatic N) is 2. The SMILES string of the molecule is C=CCOC(=O)c1sc(N2C(=O)C(O)=C(C(=O)c3cc4cccc(OC)c4o3)C2c2ccc(OCCCC)c(OCC)c2)nc1C. The standard InChI is InChI=1S/C34H34N2O9S/c1-6-9-16-43-22-14-13-20(17-24(22)42-8-3)27-26(28(37)25-18-21-11-10-12-23(41-5)30(21)45-25)29(38)32(39)36(27)34-35-19(4)31(46-34)33(40)44-15-7-2/h7,10-14,17-18,27,38H,2,6,8-9,15-16H2,1,3-5H3. The summed E-state index contributed by atoms with van der Waals surface area (Å²) >= 11 is 0.909. The number of amides is 1. The Hall–Kier alpha value is -5.10. The summed E-state index contributed by atoms with van der Waals surface area (Å²) in [5.41, 5.74) is 0.869. The number of carbonyl (C=O) groups excluding carboxylic acids is 3. The van der Waals surface area contributed by atoms with E-state index in [0.717, 1.165) is 24.2 Å². The number of methoxy groups -OCH3 is 1.